The number of amides is 1. The number of aromatic nitrogens is 1. The van der Waals surface area contributed by atoms with E-state index in [0.717, 1.165) is 41.0 Å². The van der Waals surface area contributed by atoms with E-state index in [2.05, 4.69) is 17.2 Å². The number of rotatable bonds is 19. The molecule has 1 aromatic heterocycles. The minimum absolute atomic E-state index is 0.00524. The molecule has 3 aromatic rings. The quantitative estimate of drug-likeness (QED) is 0.144. The molecule has 0 bridgehead atoms. The van der Waals surface area contributed by atoms with Crippen LogP contribution in [0.25, 0.3) is 11.5 Å². The topological polar surface area (TPSA) is 111 Å². The van der Waals surface area contributed by atoms with Crippen LogP contribution in [0.5, 0.6) is 5.75 Å². The van der Waals surface area contributed by atoms with Crippen LogP contribution in [0, 0.1) is 6.92 Å². The van der Waals surface area contributed by atoms with Crippen LogP contribution < -0.4 is 10.1 Å². The second-order valence-corrected chi connectivity index (χ2v) is 10.3. The smallest absolute Gasteiger partial charge is 0.407 e. The number of ether oxygens (including phenoxy) is 2. The number of oxazole rings is 1. The number of carboxylic acids is 1. The number of carboxylic acid groups (broad SMARTS) is 1. The van der Waals surface area contributed by atoms with E-state index in [9.17, 15) is 9.59 Å². The molecule has 0 aliphatic carbocycles. The molecule has 0 atom stereocenters. The van der Waals surface area contributed by atoms with Crippen molar-refractivity contribution in [3.05, 3.63) is 71.1 Å². The Bertz CT molecular complexity index is 1210. The molecule has 0 spiro atoms. The molecule has 41 heavy (non-hydrogen) atoms. The molecule has 0 saturated carbocycles. The number of nitrogens with one attached hydrogen (secondary N) is 1. The van der Waals surface area contributed by atoms with Crippen LogP contribution in [0.4, 0.5) is 4.79 Å². The van der Waals surface area contributed by atoms with E-state index in [1.807, 2.05) is 55.5 Å². The van der Waals surface area contributed by atoms with Crippen LogP contribution in [0.1, 0.15) is 87.3 Å². The summed E-state index contributed by atoms with van der Waals surface area (Å²) >= 11 is 0. The zero-order valence-electron chi connectivity index (χ0n) is 24.5. The second-order valence-electron chi connectivity index (χ2n) is 10.3. The average molecular weight is 565 g/mol. The predicted molar refractivity (Wildman–Crippen MR) is 159 cm³/mol. The van der Waals surface area contributed by atoms with E-state index in [1.165, 1.54) is 38.5 Å². The van der Waals surface area contributed by atoms with Crippen molar-refractivity contribution in [3.63, 3.8) is 0 Å². The lowest BCUT2D eigenvalue weighted by Crippen LogP contribution is -2.24. The predicted octanol–water partition coefficient (Wildman–Crippen LogP) is 7.66. The molecule has 0 saturated heterocycles. The van der Waals surface area contributed by atoms with Gasteiger partial charge in [-0.15, -0.1) is 0 Å². The highest BCUT2D eigenvalue weighted by atomic mass is 16.5. The fourth-order valence-electron chi connectivity index (χ4n) is 4.59. The van der Waals surface area contributed by atoms with Crippen LogP contribution in [-0.4, -0.2) is 35.4 Å². The lowest BCUT2D eigenvalue weighted by Gasteiger charge is -2.13. The summed E-state index contributed by atoms with van der Waals surface area (Å²) in [5, 5.41) is 11.9. The summed E-state index contributed by atoms with van der Waals surface area (Å²) in [6.45, 7) is 5.12. The first-order valence-corrected chi connectivity index (χ1v) is 14.8. The standard InChI is InChI=1S/C33H44N2O6/c1-3-4-5-6-7-8-9-13-21-40-33(38)34-24-28-23-29(18-16-26(28)17-19-31(36)37)39-22-20-30-25(2)41-32(35-30)27-14-11-10-12-15-27/h10-12,14-16,18,23H,3-9,13,17,19-22,24H2,1-2H3,(H,34,38)(H,36,37). The molecule has 3 rings (SSSR count). The number of benzene rings is 2. The van der Waals surface area contributed by atoms with Gasteiger partial charge in [0.25, 0.3) is 0 Å². The summed E-state index contributed by atoms with van der Waals surface area (Å²) in [4.78, 5) is 28.0. The highest BCUT2D eigenvalue weighted by Crippen LogP contribution is 2.23. The van der Waals surface area contributed by atoms with Crippen LogP contribution in [0.3, 0.4) is 0 Å². The maximum Gasteiger partial charge on any atom is 0.407 e. The van der Waals surface area contributed by atoms with Gasteiger partial charge < -0.3 is 24.3 Å². The van der Waals surface area contributed by atoms with Crippen molar-refractivity contribution in [1.29, 1.82) is 0 Å². The van der Waals surface area contributed by atoms with E-state index >= 15 is 0 Å². The highest BCUT2D eigenvalue weighted by Gasteiger charge is 2.13. The summed E-state index contributed by atoms with van der Waals surface area (Å²) in [5.41, 5.74) is 3.41. The number of aliphatic carboxylic acids is 1. The first-order chi connectivity index (χ1) is 20.0. The number of unbranched alkanes of at least 4 members (excludes halogenated alkanes) is 7. The summed E-state index contributed by atoms with van der Waals surface area (Å²) < 4.78 is 17.2. The van der Waals surface area contributed by atoms with E-state index in [-0.39, 0.29) is 13.0 Å². The highest BCUT2D eigenvalue weighted by molar-refractivity contribution is 5.68. The monoisotopic (exact) mass is 564 g/mol. The molecule has 2 aromatic carbocycles. The van der Waals surface area contributed by atoms with E-state index in [4.69, 9.17) is 19.0 Å². The molecule has 222 valence electrons. The number of carbonyl (C=O) groups excluding carboxylic acids is 1. The first-order valence-electron chi connectivity index (χ1n) is 14.8. The maximum absolute atomic E-state index is 12.3. The lowest BCUT2D eigenvalue weighted by molar-refractivity contribution is -0.136. The average Bonchev–Trinajstić information content (AvgIpc) is 3.35. The summed E-state index contributed by atoms with van der Waals surface area (Å²) in [6.07, 6.45) is 9.90. The number of aryl methyl sites for hydroxylation is 2. The van der Waals surface area contributed by atoms with Crippen molar-refractivity contribution in [2.75, 3.05) is 13.2 Å². The Labute approximate surface area is 243 Å². The second kappa shape index (κ2) is 17.8. The molecule has 0 aliphatic heterocycles. The molecule has 8 nitrogen and oxygen atoms in total. The lowest BCUT2D eigenvalue weighted by atomic mass is 10.0. The maximum atomic E-state index is 12.3. The zero-order valence-corrected chi connectivity index (χ0v) is 24.5. The van der Waals surface area contributed by atoms with Gasteiger partial charge >= 0.3 is 12.1 Å². The van der Waals surface area contributed by atoms with Gasteiger partial charge in [0.1, 0.15) is 11.5 Å². The molecule has 0 radical (unpaired) electrons. The molecule has 0 aliphatic rings. The van der Waals surface area contributed by atoms with Gasteiger partial charge in [-0.25, -0.2) is 9.78 Å². The van der Waals surface area contributed by atoms with Gasteiger partial charge in [-0.2, -0.15) is 0 Å². The van der Waals surface area contributed by atoms with Gasteiger partial charge in [0.05, 0.1) is 18.9 Å². The van der Waals surface area contributed by atoms with Crippen molar-refractivity contribution < 1.29 is 28.6 Å². The molecular weight excluding hydrogens is 520 g/mol. The SMILES string of the molecule is CCCCCCCCCCOC(=O)NCc1cc(OCCc2nc(-c3ccccc3)oc2C)ccc1CCC(=O)O. The Morgan fingerprint density at radius 2 is 1.63 bits per heavy atom. The Morgan fingerprint density at radius 1 is 0.902 bits per heavy atom. The fourth-order valence-corrected chi connectivity index (χ4v) is 4.59. The molecule has 8 heteroatoms. The zero-order chi connectivity index (χ0) is 29.3. The minimum atomic E-state index is -0.869. The van der Waals surface area contributed by atoms with Crippen molar-refractivity contribution in [1.82, 2.24) is 10.3 Å². The largest absolute Gasteiger partial charge is 0.493 e. The third kappa shape index (κ3) is 11.7. The minimum Gasteiger partial charge on any atom is -0.493 e. The van der Waals surface area contributed by atoms with Gasteiger partial charge in [0, 0.05) is 24.9 Å². The van der Waals surface area contributed by atoms with Crippen molar-refractivity contribution in [3.8, 4) is 17.2 Å². The van der Waals surface area contributed by atoms with Gasteiger partial charge in [0.15, 0.2) is 0 Å². The van der Waals surface area contributed by atoms with Crippen molar-refractivity contribution in [2.45, 2.75) is 91.0 Å². The third-order valence-electron chi connectivity index (χ3n) is 6.96. The van der Waals surface area contributed by atoms with Gasteiger partial charge in [-0.3, -0.25) is 4.79 Å². The molecule has 1 heterocycles. The fraction of sp³-hybridized carbons (Fsp3) is 0.485. The Hall–Kier alpha value is -3.81. The first kappa shape index (κ1) is 31.7. The Balaban J connectivity index is 1.47. The number of hydrogen-bond acceptors (Lipinski definition) is 6. The molecule has 2 N–H and O–H groups in total. The Kier molecular flexibility index (Phi) is 13.8. The van der Waals surface area contributed by atoms with Gasteiger partial charge in [-0.05, 0) is 55.2 Å². The summed E-state index contributed by atoms with van der Waals surface area (Å²) in [6, 6.07) is 15.3. The van der Waals surface area contributed by atoms with Gasteiger partial charge in [0.2, 0.25) is 5.89 Å². The van der Waals surface area contributed by atoms with Crippen molar-refractivity contribution in [2.24, 2.45) is 0 Å². The van der Waals surface area contributed by atoms with Crippen LogP contribution >= 0.6 is 0 Å². The number of alkyl carbamates (subject to hydrolysis) is 1. The van der Waals surface area contributed by atoms with Crippen LogP contribution in [0.15, 0.2) is 52.9 Å². The van der Waals surface area contributed by atoms with Crippen molar-refractivity contribution >= 4 is 12.1 Å². The van der Waals surface area contributed by atoms with Crippen LogP contribution in [0.2, 0.25) is 0 Å². The van der Waals surface area contributed by atoms with E-state index < -0.39 is 12.1 Å². The number of nitrogens with zero attached hydrogens (tertiary/aromatic N) is 1. The molecular formula is C33H44N2O6. The van der Waals surface area contributed by atoms with Gasteiger partial charge in [-0.1, -0.05) is 76.1 Å². The Morgan fingerprint density at radius 3 is 2.37 bits per heavy atom. The normalized spacial score (nSPS) is 10.9. The van der Waals surface area contributed by atoms with E-state index in [1.54, 1.807) is 0 Å². The summed E-state index contributed by atoms with van der Waals surface area (Å²) in [5.74, 6) is 1.11. The van der Waals surface area contributed by atoms with Crippen LogP contribution in [-0.2, 0) is 28.9 Å². The van der Waals surface area contributed by atoms with E-state index in [0.29, 0.717) is 37.7 Å². The molecule has 1 amide bonds. The summed E-state index contributed by atoms with van der Waals surface area (Å²) in [7, 11) is 0. The number of carbonyl (C=O) groups is 2. The number of hydrogen-bond donors (Lipinski definition) is 2. The third-order valence-corrected chi connectivity index (χ3v) is 6.96. The molecule has 0 fully saturated rings. The molecule has 0 unspecified atom stereocenters.